The fourth-order valence-corrected chi connectivity index (χ4v) is 1.01. The number of carboxylic acid groups (broad SMARTS) is 1. The van der Waals surface area contributed by atoms with Gasteiger partial charge in [-0.25, -0.2) is 9.59 Å². The van der Waals surface area contributed by atoms with E-state index >= 15 is 0 Å². The van der Waals surface area contributed by atoms with Crippen molar-refractivity contribution < 1.29 is 14.7 Å². The molecule has 1 aromatic rings. The summed E-state index contributed by atoms with van der Waals surface area (Å²) in [6.45, 7) is 0. The maximum atomic E-state index is 11.4. The number of imidazole rings is 1. The number of carbonyl (C=O) groups excluding carboxylic acids is 1. The summed E-state index contributed by atoms with van der Waals surface area (Å²) < 4.78 is 0. The minimum Gasteiger partial charge on any atom is -0.480 e. The zero-order valence-corrected chi connectivity index (χ0v) is 8.11. The number of amides is 1. The highest BCUT2D eigenvalue weighted by Crippen LogP contribution is 1.94. The van der Waals surface area contributed by atoms with Crippen molar-refractivity contribution in [1.82, 2.24) is 15.3 Å². The Morgan fingerprint density at radius 2 is 2.31 bits per heavy atom. The van der Waals surface area contributed by atoms with E-state index in [1.807, 2.05) is 0 Å². The summed E-state index contributed by atoms with van der Waals surface area (Å²) in [5, 5.41) is 10.9. The van der Waals surface area contributed by atoms with Crippen molar-refractivity contribution in [3.63, 3.8) is 0 Å². The van der Waals surface area contributed by atoms with Gasteiger partial charge in [-0.3, -0.25) is 4.79 Å². The molecule has 1 amide bonds. The van der Waals surface area contributed by atoms with Gasteiger partial charge in [0.25, 0.3) is 5.91 Å². The molecule has 0 saturated carbocycles. The van der Waals surface area contributed by atoms with Crippen LogP contribution in [0.4, 0.5) is 0 Å². The van der Waals surface area contributed by atoms with Crippen molar-refractivity contribution in [2.75, 3.05) is 0 Å². The third kappa shape index (κ3) is 2.75. The SMILES string of the molecule is C#CCC(NC(=O)c1c[nH]c(=O)[nH]1)C(=O)O. The largest absolute Gasteiger partial charge is 0.480 e. The van der Waals surface area contributed by atoms with E-state index in [4.69, 9.17) is 11.5 Å². The molecule has 1 unspecified atom stereocenters. The van der Waals surface area contributed by atoms with Crippen LogP contribution in [0.5, 0.6) is 0 Å². The molecule has 0 bridgehead atoms. The number of H-pyrrole nitrogens is 2. The number of hydrogen-bond acceptors (Lipinski definition) is 3. The lowest BCUT2D eigenvalue weighted by atomic mass is 10.2. The summed E-state index contributed by atoms with van der Waals surface area (Å²) in [6.07, 6.45) is 5.97. The lowest BCUT2D eigenvalue weighted by Gasteiger charge is -2.10. The molecule has 84 valence electrons. The standard InChI is InChI=1S/C9H9N3O4/c1-2-3-5(8(14)15)11-7(13)6-4-10-9(16)12-6/h1,4-5H,3H2,(H,11,13)(H,14,15)(H2,10,12,16). The van der Waals surface area contributed by atoms with E-state index in [2.05, 4.69) is 21.2 Å². The second-order valence-corrected chi connectivity index (χ2v) is 2.93. The van der Waals surface area contributed by atoms with Gasteiger partial charge >= 0.3 is 11.7 Å². The fourth-order valence-electron chi connectivity index (χ4n) is 1.01. The Kier molecular flexibility index (Phi) is 3.50. The summed E-state index contributed by atoms with van der Waals surface area (Å²) in [4.78, 5) is 37.2. The quantitative estimate of drug-likeness (QED) is 0.485. The highest BCUT2D eigenvalue weighted by atomic mass is 16.4. The minimum absolute atomic E-state index is 0.0479. The van der Waals surface area contributed by atoms with Gasteiger partial charge in [0.05, 0.1) is 0 Å². The molecule has 1 heterocycles. The van der Waals surface area contributed by atoms with E-state index < -0.39 is 23.6 Å². The number of terminal acetylenes is 1. The average Bonchev–Trinajstić information content (AvgIpc) is 2.64. The number of aliphatic carboxylic acids is 1. The third-order valence-electron chi connectivity index (χ3n) is 1.77. The van der Waals surface area contributed by atoms with Crippen LogP contribution in [0.3, 0.4) is 0 Å². The molecule has 1 rings (SSSR count). The molecule has 7 nitrogen and oxygen atoms in total. The maximum Gasteiger partial charge on any atom is 0.327 e. The lowest BCUT2D eigenvalue weighted by Crippen LogP contribution is -2.40. The Hall–Kier alpha value is -2.49. The molecular formula is C9H9N3O4. The van der Waals surface area contributed by atoms with Crippen molar-refractivity contribution >= 4 is 11.9 Å². The first kappa shape index (κ1) is 11.6. The van der Waals surface area contributed by atoms with Crippen LogP contribution in [0, 0.1) is 12.3 Å². The number of aromatic amines is 2. The van der Waals surface area contributed by atoms with Crippen LogP contribution in [0.15, 0.2) is 11.0 Å². The summed E-state index contributed by atoms with van der Waals surface area (Å²) in [7, 11) is 0. The van der Waals surface area contributed by atoms with Gasteiger partial charge in [-0.2, -0.15) is 0 Å². The fraction of sp³-hybridized carbons (Fsp3) is 0.222. The highest BCUT2D eigenvalue weighted by molar-refractivity contribution is 5.94. The minimum atomic E-state index is -1.23. The Morgan fingerprint density at radius 1 is 1.62 bits per heavy atom. The van der Waals surface area contributed by atoms with Crippen molar-refractivity contribution in [3.05, 3.63) is 22.4 Å². The molecule has 7 heteroatoms. The van der Waals surface area contributed by atoms with Crippen LogP contribution < -0.4 is 11.0 Å². The van der Waals surface area contributed by atoms with Crippen LogP contribution in [0.1, 0.15) is 16.9 Å². The topological polar surface area (TPSA) is 115 Å². The van der Waals surface area contributed by atoms with Crippen molar-refractivity contribution in [1.29, 1.82) is 0 Å². The van der Waals surface area contributed by atoms with E-state index in [0.717, 1.165) is 6.20 Å². The number of rotatable bonds is 4. The van der Waals surface area contributed by atoms with E-state index in [-0.39, 0.29) is 12.1 Å². The Labute approximate surface area is 89.9 Å². The first-order chi connectivity index (χ1) is 7.54. The molecule has 0 radical (unpaired) electrons. The molecule has 0 spiro atoms. The molecule has 1 aromatic heterocycles. The Morgan fingerprint density at radius 3 is 2.75 bits per heavy atom. The molecule has 0 saturated heterocycles. The normalized spacial score (nSPS) is 11.4. The predicted molar refractivity (Wildman–Crippen MR) is 53.8 cm³/mol. The zero-order valence-electron chi connectivity index (χ0n) is 8.11. The number of carbonyl (C=O) groups is 2. The number of carboxylic acids is 1. The van der Waals surface area contributed by atoms with E-state index in [1.165, 1.54) is 0 Å². The van der Waals surface area contributed by atoms with Crippen LogP contribution >= 0.6 is 0 Å². The predicted octanol–water partition coefficient (Wildman–Crippen LogP) is -1.09. The number of nitrogens with one attached hydrogen (secondary N) is 3. The van der Waals surface area contributed by atoms with Gasteiger partial charge < -0.3 is 20.4 Å². The van der Waals surface area contributed by atoms with E-state index in [9.17, 15) is 14.4 Å². The molecule has 4 N–H and O–H groups in total. The Balaban J connectivity index is 2.73. The van der Waals surface area contributed by atoms with Crippen LogP contribution in [0.2, 0.25) is 0 Å². The van der Waals surface area contributed by atoms with E-state index in [1.54, 1.807) is 0 Å². The molecule has 16 heavy (non-hydrogen) atoms. The summed E-state index contributed by atoms with van der Waals surface area (Å²) in [5.74, 6) is 0.196. The first-order valence-corrected chi connectivity index (χ1v) is 4.29. The van der Waals surface area contributed by atoms with Gasteiger partial charge in [0.1, 0.15) is 11.7 Å². The van der Waals surface area contributed by atoms with Crippen molar-refractivity contribution in [2.45, 2.75) is 12.5 Å². The van der Waals surface area contributed by atoms with Gasteiger partial charge in [-0.15, -0.1) is 12.3 Å². The highest BCUT2D eigenvalue weighted by Gasteiger charge is 2.20. The monoisotopic (exact) mass is 223 g/mol. The second kappa shape index (κ2) is 4.84. The first-order valence-electron chi connectivity index (χ1n) is 4.29. The van der Waals surface area contributed by atoms with Gasteiger partial charge in [-0.05, 0) is 0 Å². The molecule has 1 atom stereocenters. The van der Waals surface area contributed by atoms with Crippen LogP contribution in [-0.4, -0.2) is 33.0 Å². The van der Waals surface area contributed by atoms with Gasteiger partial charge in [-0.1, -0.05) is 0 Å². The second-order valence-electron chi connectivity index (χ2n) is 2.93. The number of aromatic nitrogens is 2. The molecule has 0 fully saturated rings. The summed E-state index contributed by atoms with van der Waals surface area (Å²) >= 11 is 0. The molecular weight excluding hydrogens is 214 g/mol. The van der Waals surface area contributed by atoms with Crippen molar-refractivity contribution in [2.24, 2.45) is 0 Å². The zero-order chi connectivity index (χ0) is 12.1. The average molecular weight is 223 g/mol. The van der Waals surface area contributed by atoms with Crippen molar-refractivity contribution in [3.8, 4) is 12.3 Å². The molecule has 0 aliphatic rings. The third-order valence-corrected chi connectivity index (χ3v) is 1.77. The number of hydrogen-bond donors (Lipinski definition) is 4. The maximum absolute atomic E-state index is 11.4. The molecule has 0 aliphatic carbocycles. The molecule has 0 aromatic carbocycles. The van der Waals surface area contributed by atoms with Gasteiger partial charge in [0.2, 0.25) is 0 Å². The van der Waals surface area contributed by atoms with E-state index in [0.29, 0.717) is 0 Å². The summed E-state index contributed by atoms with van der Waals surface area (Å²) in [6, 6.07) is -1.17. The van der Waals surface area contributed by atoms with Crippen LogP contribution in [-0.2, 0) is 4.79 Å². The lowest BCUT2D eigenvalue weighted by molar-refractivity contribution is -0.139. The van der Waals surface area contributed by atoms with Gasteiger partial charge in [0.15, 0.2) is 0 Å². The smallest absolute Gasteiger partial charge is 0.327 e. The Bertz CT molecular complexity index is 493. The van der Waals surface area contributed by atoms with Crippen LogP contribution in [0.25, 0.3) is 0 Å². The summed E-state index contributed by atoms with van der Waals surface area (Å²) in [5.41, 5.74) is -0.595. The van der Waals surface area contributed by atoms with Gasteiger partial charge in [0, 0.05) is 12.6 Å². The molecule has 0 aliphatic heterocycles.